The van der Waals surface area contributed by atoms with Crippen molar-refractivity contribution in [3.05, 3.63) is 70.4 Å². The van der Waals surface area contributed by atoms with Crippen LogP contribution in [0.2, 0.25) is 0 Å². The molecule has 0 radical (unpaired) electrons. The second-order valence-electron chi connectivity index (χ2n) is 8.95. The average Bonchev–Trinajstić information content (AvgIpc) is 3.42. The number of fused-ring (bicyclic) bond motifs is 1. The van der Waals surface area contributed by atoms with Gasteiger partial charge in [0, 0.05) is 42.5 Å². The van der Waals surface area contributed by atoms with Crippen LogP contribution >= 0.6 is 0 Å². The lowest BCUT2D eigenvalue weighted by Crippen LogP contribution is -2.34. The van der Waals surface area contributed by atoms with Crippen molar-refractivity contribution in [1.82, 2.24) is 15.2 Å². The molecule has 4 heteroatoms. The molecule has 3 aromatic rings. The Kier molecular flexibility index (Phi) is 6.77. The summed E-state index contributed by atoms with van der Waals surface area (Å²) in [5.41, 5.74) is 7.47. The number of carbonyl (C=O) groups excluding carboxylic acids is 1. The normalized spacial score (nSPS) is 15.5. The highest BCUT2D eigenvalue weighted by molar-refractivity contribution is 5.88. The van der Waals surface area contributed by atoms with Crippen LogP contribution < -0.4 is 5.32 Å². The summed E-state index contributed by atoms with van der Waals surface area (Å²) in [7, 11) is 0. The van der Waals surface area contributed by atoms with Crippen LogP contribution in [0, 0.1) is 13.8 Å². The predicted molar refractivity (Wildman–Crippen MR) is 129 cm³/mol. The molecular weight excluding hydrogens is 382 g/mol. The quantitative estimate of drug-likeness (QED) is 0.537. The molecule has 0 saturated carbocycles. The molecule has 1 saturated heterocycles. The van der Waals surface area contributed by atoms with E-state index in [0.29, 0.717) is 6.42 Å². The lowest BCUT2D eigenvalue weighted by molar-refractivity contribution is -0.121. The van der Waals surface area contributed by atoms with Gasteiger partial charge >= 0.3 is 0 Å². The third-order valence-corrected chi connectivity index (χ3v) is 6.73. The van der Waals surface area contributed by atoms with E-state index in [9.17, 15) is 4.79 Å². The molecule has 1 aromatic heterocycles. The molecule has 1 atom stereocenters. The van der Waals surface area contributed by atoms with E-state index >= 15 is 0 Å². The highest BCUT2D eigenvalue weighted by Gasteiger charge is 2.23. The van der Waals surface area contributed by atoms with E-state index in [2.05, 4.69) is 78.6 Å². The molecule has 164 valence electrons. The number of benzene rings is 2. The molecule has 1 fully saturated rings. The van der Waals surface area contributed by atoms with E-state index in [1.54, 1.807) is 0 Å². The van der Waals surface area contributed by atoms with E-state index in [0.717, 1.165) is 32.6 Å². The van der Waals surface area contributed by atoms with Gasteiger partial charge in [-0.1, -0.05) is 48.9 Å². The van der Waals surface area contributed by atoms with Crippen LogP contribution in [0.15, 0.2) is 42.6 Å². The zero-order chi connectivity index (χ0) is 21.8. The maximum absolute atomic E-state index is 13.0. The number of aromatic nitrogens is 1. The summed E-state index contributed by atoms with van der Waals surface area (Å²) in [5.74, 6) is 0.165. The molecule has 31 heavy (non-hydrogen) atoms. The molecule has 2 heterocycles. The molecule has 1 aliphatic rings. The van der Waals surface area contributed by atoms with Gasteiger partial charge in [-0.2, -0.15) is 0 Å². The van der Waals surface area contributed by atoms with Crippen molar-refractivity contribution in [3.8, 4) is 0 Å². The third kappa shape index (κ3) is 4.85. The summed E-state index contributed by atoms with van der Waals surface area (Å²) in [6.45, 7) is 10.5. The van der Waals surface area contributed by atoms with Gasteiger partial charge < -0.3 is 15.2 Å². The fourth-order valence-corrected chi connectivity index (χ4v) is 5.04. The Bertz CT molecular complexity index is 1050. The highest BCUT2D eigenvalue weighted by Crippen LogP contribution is 2.36. The largest absolute Gasteiger partial charge is 0.361 e. The van der Waals surface area contributed by atoms with E-state index in [4.69, 9.17) is 0 Å². The fraction of sp³-hybridized carbons (Fsp3) is 0.444. The standard InChI is InChI=1S/C27H35N3O/c1-4-21-8-7-9-23-25(18-29-27(21)23)24(22-11-10-19(2)16-20(22)3)17-26(31)28-12-15-30-13-5-6-14-30/h7-11,16,18,24,29H,4-6,12-15,17H2,1-3H3,(H,28,31). The topological polar surface area (TPSA) is 48.1 Å². The van der Waals surface area contributed by atoms with Crippen molar-refractivity contribution in [3.63, 3.8) is 0 Å². The highest BCUT2D eigenvalue weighted by atomic mass is 16.1. The van der Waals surface area contributed by atoms with Crippen LogP contribution in [-0.4, -0.2) is 42.0 Å². The molecular formula is C27H35N3O. The lowest BCUT2D eigenvalue weighted by Gasteiger charge is -2.21. The number of rotatable bonds is 8. The van der Waals surface area contributed by atoms with Gasteiger partial charge in [0.05, 0.1) is 0 Å². The number of nitrogens with zero attached hydrogens (tertiary/aromatic N) is 1. The SMILES string of the molecule is CCc1cccc2c(C(CC(=O)NCCN3CCCC3)c3ccc(C)cc3C)c[nH]c12. The maximum Gasteiger partial charge on any atom is 0.220 e. The first-order valence-corrected chi connectivity index (χ1v) is 11.7. The monoisotopic (exact) mass is 417 g/mol. The number of hydrogen-bond acceptors (Lipinski definition) is 2. The Balaban J connectivity index is 1.60. The molecule has 0 aliphatic carbocycles. The second kappa shape index (κ2) is 9.69. The number of H-pyrrole nitrogens is 1. The second-order valence-corrected chi connectivity index (χ2v) is 8.95. The number of carbonyl (C=O) groups is 1. The van der Waals surface area contributed by atoms with E-state index < -0.39 is 0 Å². The van der Waals surface area contributed by atoms with Gasteiger partial charge in [-0.15, -0.1) is 0 Å². The molecule has 2 aromatic carbocycles. The van der Waals surface area contributed by atoms with Crippen LogP contribution in [0.5, 0.6) is 0 Å². The number of nitrogens with one attached hydrogen (secondary N) is 2. The first-order chi connectivity index (χ1) is 15.1. The van der Waals surface area contributed by atoms with Crippen LogP contribution in [0.25, 0.3) is 10.9 Å². The Morgan fingerprint density at radius 3 is 2.68 bits per heavy atom. The number of aryl methyl sites for hydroxylation is 3. The summed E-state index contributed by atoms with van der Waals surface area (Å²) < 4.78 is 0. The Morgan fingerprint density at radius 2 is 1.94 bits per heavy atom. The predicted octanol–water partition coefficient (Wildman–Crippen LogP) is 5.08. The fourth-order valence-electron chi connectivity index (χ4n) is 5.04. The molecule has 4 rings (SSSR count). The average molecular weight is 418 g/mol. The number of amides is 1. The van der Waals surface area contributed by atoms with E-state index in [1.807, 2.05) is 0 Å². The summed E-state index contributed by atoms with van der Waals surface area (Å²) in [6, 6.07) is 13.1. The first-order valence-electron chi connectivity index (χ1n) is 11.7. The third-order valence-electron chi connectivity index (χ3n) is 6.73. The van der Waals surface area contributed by atoms with Crippen molar-refractivity contribution < 1.29 is 4.79 Å². The molecule has 0 spiro atoms. The van der Waals surface area contributed by atoms with Gasteiger partial charge in [-0.05, 0) is 68.5 Å². The van der Waals surface area contributed by atoms with Crippen LogP contribution in [-0.2, 0) is 11.2 Å². The zero-order valence-electron chi connectivity index (χ0n) is 19.1. The lowest BCUT2D eigenvalue weighted by atomic mass is 9.85. The number of aromatic amines is 1. The van der Waals surface area contributed by atoms with Crippen molar-refractivity contribution >= 4 is 16.8 Å². The summed E-state index contributed by atoms with van der Waals surface area (Å²) >= 11 is 0. The summed E-state index contributed by atoms with van der Waals surface area (Å²) in [5, 5.41) is 4.41. The van der Waals surface area contributed by atoms with Crippen LogP contribution in [0.3, 0.4) is 0 Å². The van der Waals surface area contributed by atoms with Gasteiger partial charge in [-0.3, -0.25) is 4.79 Å². The Hall–Kier alpha value is -2.59. The van der Waals surface area contributed by atoms with Crippen molar-refractivity contribution in [1.29, 1.82) is 0 Å². The number of likely N-dealkylation sites (tertiary alicyclic amines) is 1. The molecule has 0 bridgehead atoms. The molecule has 4 nitrogen and oxygen atoms in total. The maximum atomic E-state index is 13.0. The minimum absolute atomic E-state index is 0.0354. The molecule has 2 N–H and O–H groups in total. The Morgan fingerprint density at radius 1 is 1.13 bits per heavy atom. The minimum atomic E-state index is 0.0354. The van der Waals surface area contributed by atoms with Crippen LogP contribution in [0.1, 0.15) is 59.9 Å². The summed E-state index contributed by atoms with van der Waals surface area (Å²) in [4.78, 5) is 18.9. The smallest absolute Gasteiger partial charge is 0.220 e. The van der Waals surface area contributed by atoms with Gasteiger partial charge in [-0.25, -0.2) is 0 Å². The number of para-hydroxylation sites is 1. The molecule has 1 aliphatic heterocycles. The molecule has 1 unspecified atom stereocenters. The van der Waals surface area contributed by atoms with Gasteiger partial charge in [0.1, 0.15) is 0 Å². The number of hydrogen-bond donors (Lipinski definition) is 2. The van der Waals surface area contributed by atoms with Gasteiger partial charge in [0.2, 0.25) is 5.91 Å². The van der Waals surface area contributed by atoms with Crippen molar-refractivity contribution in [2.75, 3.05) is 26.2 Å². The van der Waals surface area contributed by atoms with Crippen molar-refractivity contribution in [2.45, 2.75) is 52.4 Å². The van der Waals surface area contributed by atoms with E-state index in [-0.39, 0.29) is 11.8 Å². The van der Waals surface area contributed by atoms with Gasteiger partial charge in [0.15, 0.2) is 0 Å². The van der Waals surface area contributed by atoms with Crippen molar-refractivity contribution in [2.24, 2.45) is 0 Å². The van der Waals surface area contributed by atoms with Crippen LogP contribution in [0.4, 0.5) is 0 Å². The molecule has 1 amide bonds. The minimum Gasteiger partial charge on any atom is -0.361 e. The first kappa shape index (κ1) is 21.6. The Labute approximate surface area is 186 Å². The van der Waals surface area contributed by atoms with E-state index in [1.165, 1.54) is 51.6 Å². The zero-order valence-corrected chi connectivity index (χ0v) is 19.1. The summed E-state index contributed by atoms with van der Waals surface area (Å²) in [6.07, 6.45) is 6.13. The van der Waals surface area contributed by atoms with Gasteiger partial charge in [0.25, 0.3) is 0 Å².